The summed E-state index contributed by atoms with van der Waals surface area (Å²) in [5.74, 6) is 0.617. The fraction of sp³-hybridized carbons (Fsp3) is 0.462. The van der Waals surface area contributed by atoms with Crippen LogP contribution in [-0.2, 0) is 16.0 Å². The van der Waals surface area contributed by atoms with Crippen LogP contribution in [0.5, 0.6) is 0 Å². The zero-order valence-electron chi connectivity index (χ0n) is 9.48. The Morgan fingerprint density at radius 1 is 1.44 bits per heavy atom. The topological polar surface area (TPSA) is 52.3 Å². The third-order valence-electron chi connectivity index (χ3n) is 3.21. The second-order valence-electron chi connectivity index (χ2n) is 4.41. The van der Waals surface area contributed by atoms with Crippen LogP contribution in [0.2, 0.25) is 0 Å². The molecule has 1 aromatic carbocycles. The molecule has 2 unspecified atom stereocenters. The van der Waals surface area contributed by atoms with Gasteiger partial charge in [-0.3, -0.25) is 4.79 Å². The number of carbonyl (C=O) groups excluding carboxylic acids is 1. The molecule has 0 saturated heterocycles. The number of aryl methyl sites for hydroxylation is 1. The first-order chi connectivity index (χ1) is 7.70. The lowest BCUT2D eigenvalue weighted by atomic mass is 10.1. The highest BCUT2D eigenvalue weighted by molar-refractivity contribution is 5.75. The number of esters is 1. The van der Waals surface area contributed by atoms with Crippen LogP contribution in [0.15, 0.2) is 24.3 Å². The summed E-state index contributed by atoms with van der Waals surface area (Å²) >= 11 is 0. The van der Waals surface area contributed by atoms with Crippen molar-refractivity contribution in [2.75, 3.05) is 12.8 Å². The lowest BCUT2D eigenvalue weighted by Crippen LogP contribution is -2.04. The van der Waals surface area contributed by atoms with E-state index in [9.17, 15) is 4.79 Å². The summed E-state index contributed by atoms with van der Waals surface area (Å²) in [6, 6.07) is 7.93. The van der Waals surface area contributed by atoms with Crippen molar-refractivity contribution in [3.63, 3.8) is 0 Å². The van der Waals surface area contributed by atoms with Crippen LogP contribution >= 0.6 is 0 Å². The van der Waals surface area contributed by atoms with E-state index in [0.717, 1.165) is 24.9 Å². The van der Waals surface area contributed by atoms with Gasteiger partial charge in [0.1, 0.15) is 0 Å². The highest BCUT2D eigenvalue weighted by Gasteiger charge is 2.43. The number of nitrogens with two attached hydrogens (primary N) is 1. The quantitative estimate of drug-likeness (QED) is 0.622. The summed E-state index contributed by atoms with van der Waals surface area (Å²) in [6.07, 6.45) is 3.06. The Balaban J connectivity index is 1.77. The van der Waals surface area contributed by atoms with E-state index in [4.69, 9.17) is 10.5 Å². The maximum Gasteiger partial charge on any atom is 0.308 e. The predicted octanol–water partition coefficient (Wildman–Crippen LogP) is 2.01. The van der Waals surface area contributed by atoms with Gasteiger partial charge in [0.15, 0.2) is 0 Å². The highest BCUT2D eigenvalue weighted by Crippen LogP contribution is 2.42. The Labute approximate surface area is 95.6 Å². The van der Waals surface area contributed by atoms with E-state index in [2.05, 4.69) is 0 Å². The van der Waals surface area contributed by atoms with Gasteiger partial charge in [-0.15, -0.1) is 0 Å². The van der Waals surface area contributed by atoms with Gasteiger partial charge in [-0.1, -0.05) is 12.1 Å². The number of rotatable bonds is 4. The number of hydrogen-bond acceptors (Lipinski definition) is 3. The van der Waals surface area contributed by atoms with E-state index in [1.165, 1.54) is 12.7 Å². The SMILES string of the molecule is COC(=O)C1CC1CCc1ccc(N)cc1. The lowest BCUT2D eigenvalue weighted by molar-refractivity contribution is -0.142. The molecule has 1 fully saturated rings. The normalized spacial score (nSPS) is 22.8. The van der Waals surface area contributed by atoms with Crippen LogP contribution in [0.25, 0.3) is 0 Å². The predicted molar refractivity (Wildman–Crippen MR) is 62.8 cm³/mol. The van der Waals surface area contributed by atoms with Crippen LogP contribution in [0.3, 0.4) is 0 Å². The number of methoxy groups -OCH3 is 1. The average Bonchev–Trinajstić information content (AvgIpc) is 3.07. The number of ether oxygens (including phenoxy) is 1. The Morgan fingerprint density at radius 3 is 2.75 bits per heavy atom. The monoisotopic (exact) mass is 219 g/mol. The van der Waals surface area contributed by atoms with Crippen molar-refractivity contribution in [1.29, 1.82) is 0 Å². The van der Waals surface area contributed by atoms with Gasteiger partial charge in [0, 0.05) is 5.69 Å². The fourth-order valence-electron chi connectivity index (χ4n) is 2.04. The molecule has 3 nitrogen and oxygen atoms in total. The summed E-state index contributed by atoms with van der Waals surface area (Å²) in [4.78, 5) is 11.2. The van der Waals surface area contributed by atoms with Crippen LogP contribution in [0.4, 0.5) is 5.69 Å². The van der Waals surface area contributed by atoms with Gasteiger partial charge in [0.05, 0.1) is 13.0 Å². The smallest absolute Gasteiger partial charge is 0.308 e. The molecule has 0 spiro atoms. The fourth-order valence-corrected chi connectivity index (χ4v) is 2.04. The standard InChI is InChI=1S/C13H17NO2/c1-16-13(15)12-8-10(12)5-2-9-3-6-11(14)7-4-9/h3-4,6-7,10,12H,2,5,8,14H2,1H3. The molecule has 0 bridgehead atoms. The Kier molecular flexibility index (Phi) is 3.13. The van der Waals surface area contributed by atoms with Crippen molar-refractivity contribution in [2.45, 2.75) is 19.3 Å². The Morgan fingerprint density at radius 2 is 2.12 bits per heavy atom. The molecule has 2 N–H and O–H groups in total. The van der Waals surface area contributed by atoms with Gasteiger partial charge in [-0.2, -0.15) is 0 Å². The number of benzene rings is 1. The van der Waals surface area contributed by atoms with E-state index < -0.39 is 0 Å². The summed E-state index contributed by atoms with van der Waals surface area (Å²) in [7, 11) is 1.46. The van der Waals surface area contributed by atoms with Crippen molar-refractivity contribution >= 4 is 11.7 Å². The summed E-state index contributed by atoms with van der Waals surface area (Å²) in [5, 5.41) is 0. The van der Waals surface area contributed by atoms with Gasteiger partial charge in [-0.05, 0) is 42.9 Å². The van der Waals surface area contributed by atoms with E-state index in [1.54, 1.807) is 0 Å². The molecule has 1 aliphatic rings. The summed E-state index contributed by atoms with van der Waals surface area (Å²) in [5.41, 5.74) is 7.69. The minimum absolute atomic E-state index is 0.0534. The molecular formula is C13H17NO2. The number of anilines is 1. The van der Waals surface area contributed by atoms with Crippen LogP contribution in [0.1, 0.15) is 18.4 Å². The molecule has 16 heavy (non-hydrogen) atoms. The molecule has 0 amide bonds. The molecule has 86 valence electrons. The van der Waals surface area contributed by atoms with Crippen molar-refractivity contribution in [3.8, 4) is 0 Å². The second kappa shape index (κ2) is 4.56. The third-order valence-corrected chi connectivity index (χ3v) is 3.21. The van der Waals surface area contributed by atoms with E-state index in [1.807, 2.05) is 24.3 Å². The van der Waals surface area contributed by atoms with Crippen molar-refractivity contribution in [2.24, 2.45) is 11.8 Å². The maximum absolute atomic E-state index is 11.2. The first-order valence-corrected chi connectivity index (χ1v) is 5.63. The van der Waals surface area contributed by atoms with Crippen LogP contribution in [0, 0.1) is 11.8 Å². The molecule has 2 atom stereocenters. The summed E-state index contributed by atoms with van der Waals surface area (Å²) in [6.45, 7) is 0. The van der Waals surface area contributed by atoms with Crippen LogP contribution in [-0.4, -0.2) is 13.1 Å². The molecule has 3 heteroatoms. The first kappa shape index (κ1) is 11.0. The molecule has 1 aliphatic carbocycles. The first-order valence-electron chi connectivity index (χ1n) is 5.63. The molecule has 1 saturated carbocycles. The molecule has 0 aliphatic heterocycles. The molecule has 0 radical (unpaired) electrons. The summed E-state index contributed by atoms with van der Waals surface area (Å²) < 4.78 is 4.72. The van der Waals surface area contributed by atoms with Crippen molar-refractivity contribution in [1.82, 2.24) is 0 Å². The lowest BCUT2D eigenvalue weighted by Gasteiger charge is -2.01. The van der Waals surface area contributed by atoms with E-state index in [0.29, 0.717) is 5.92 Å². The van der Waals surface area contributed by atoms with Gasteiger partial charge < -0.3 is 10.5 Å². The Bertz CT molecular complexity index is 372. The molecule has 0 heterocycles. The van der Waals surface area contributed by atoms with Gasteiger partial charge in [-0.25, -0.2) is 0 Å². The van der Waals surface area contributed by atoms with Gasteiger partial charge in [0.25, 0.3) is 0 Å². The Hall–Kier alpha value is -1.51. The van der Waals surface area contributed by atoms with Gasteiger partial charge in [0.2, 0.25) is 0 Å². The highest BCUT2D eigenvalue weighted by atomic mass is 16.5. The minimum atomic E-state index is -0.0534. The zero-order chi connectivity index (χ0) is 11.5. The number of carbonyl (C=O) groups is 1. The number of hydrogen-bond donors (Lipinski definition) is 1. The van der Waals surface area contributed by atoms with Crippen molar-refractivity contribution < 1.29 is 9.53 Å². The molecular weight excluding hydrogens is 202 g/mol. The zero-order valence-corrected chi connectivity index (χ0v) is 9.48. The average molecular weight is 219 g/mol. The van der Waals surface area contributed by atoms with E-state index in [-0.39, 0.29) is 11.9 Å². The van der Waals surface area contributed by atoms with E-state index >= 15 is 0 Å². The molecule has 2 rings (SSSR count). The second-order valence-corrected chi connectivity index (χ2v) is 4.41. The maximum atomic E-state index is 11.2. The number of nitrogen functional groups attached to an aromatic ring is 1. The minimum Gasteiger partial charge on any atom is -0.469 e. The van der Waals surface area contributed by atoms with Gasteiger partial charge >= 0.3 is 5.97 Å². The third kappa shape index (κ3) is 2.54. The molecule has 1 aromatic rings. The largest absolute Gasteiger partial charge is 0.469 e. The molecule has 0 aromatic heterocycles. The van der Waals surface area contributed by atoms with Crippen LogP contribution < -0.4 is 5.73 Å². The van der Waals surface area contributed by atoms with Crippen molar-refractivity contribution in [3.05, 3.63) is 29.8 Å².